The maximum atomic E-state index is 13.0. The Morgan fingerprint density at radius 1 is 1.10 bits per heavy atom. The lowest BCUT2D eigenvalue weighted by atomic mass is 10.1. The van der Waals surface area contributed by atoms with Crippen molar-refractivity contribution in [2.24, 2.45) is 0 Å². The third kappa shape index (κ3) is 6.73. The molecular formula is C22H29FN2O4S. The first-order valence-corrected chi connectivity index (χ1v) is 11.9. The van der Waals surface area contributed by atoms with Crippen molar-refractivity contribution < 1.29 is 22.3 Å². The molecule has 30 heavy (non-hydrogen) atoms. The molecule has 0 aliphatic heterocycles. The highest BCUT2D eigenvalue weighted by Gasteiger charge is 2.31. The molecule has 0 unspecified atom stereocenters. The summed E-state index contributed by atoms with van der Waals surface area (Å²) in [5.74, 6) is -0.00286. The van der Waals surface area contributed by atoms with E-state index in [0.717, 1.165) is 16.1 Å². The lowest BCUT2D eigenvalue weighted by Crippen LogP contribution is -2.49. The standard InChI is InChI=1S/C22H29FN2O4S/c1-4-21(22(26)24-16-6-7-17-8-10-18(23)11-9-17)25(30(3,27)28)19-12-14-20(15-13-19)29-5-2/h8-15,21H,4-7,16H2,1-3H3,(H,24,26)/t21-/m1/s1. The molecule has 0 radical (unpaired) electrons. The van der Waals surface area contributed by atoms with Crippen molar-refractivity contribution >= 4 is 21.6 Å². The summed E-state index contributed by atoms with van der Waals surface area (Å²) in [7, 11) is -3.68. The van der Waals surface area contributed by atoms with Crippen molar-refractivity contribution in [1.29, 1.82) is 0 Å². The molecule has 0 fully saturated rings. The number of hydrogen-bond acceptors (Lipinski definition) is 4. The molecule has 0 saturated carbocycles. The van der Waals surface area contributed by atoms with Crippen LogP contribution in [0.5, 0.6) is 5.75 Å². The normalized spacial score (nSPS) is 12.3. The van der Waals surface area contributed by atoms with Crippen molar-refractivity contribution in [2.45, 2.75) is 39.2 Å². The Balaban J connectivity index is 2.04. The second kappa shape index (κ2) is 11.0. The number of nitrogens with one attached hydrogen (secondary N) is 1. The molecular weight excluding hydrogens is 407 g/mol. The van der Waals surface area contributed by atoms with Crippen LogP contribution in [-0.2, 0) is 21.2 Å². The number of aryl methyl sites for hydroxylation is 1. The fourth-order valence-corrected chi connectivity index (χ4v) is 4.40. The molecule has 0 spiro atoms. The average molecular weight is 437 g/mol. The zero-order valence-corrected chi connectivity index (χ0v) is 18.4. The molecule has 2 aromatic rings. The van der Waals surface area contributed by atoms with E-state index < -0.39 is 16.1 Å². The molecule has 1 atom stereocenters. The Hall–Kier alpha value is -2.61. The van der Waals surface area contributed by atoms with Gasteiger partial charge in [0.05, 0.1) is 18.6 Å². The average Bonchev–Trinajstić information content (AvgIpc) is 2.70. The van der Waals surface area contributed by atoms with Crippen LogP contribution >= 0.6 is 0 Å². The number of anilines is 1. The van der Waals surface area contributed by atoms with E-state index in [4.69, 9.17) is 4.74 Å². The highest BCUT2D eigenvalue weighted by Crippen LogP contribution is 2.25. The predicted molar refractivity (Wildman–Crippen MR) is 117 cm³/mol. The fraction of sp³-hybridized carbons (Fsp3) is 0.409. The smallest absolute Gasteiger partial charge is 0.243 e. The van der Waals surface area contributed by atoms with E-state index in [1.165, 1.54) is 12.1 Å². The summed E-state index contributed by atoms with van der Waals surface area (Å²) in [6.45, 7) is 4.54. The molecule has 0 aliphatic rings. The zero-order valence-electron chi connectivity index (χ0n) is 17.6. The first kappa shape index (κ1) is 23.7. The lowest BCUT2D eigenvalue weighted by molar-refractivity contribution is -0.122. The van der Waals surface area contributed by atoms with Gasteiger partial charge in [0.1, 0.15) is 17.6 Å². The lowest BCUT2D eigenvalue weighted by Gasteiger charge is -2.30. The maximum Gasteiger partial charge on any atom is 0.243 e. The van der Waals surface area contributed by atoms with Gasteiger partial charge in [-0.25, -0.2) is 12.8 Å². The predicted octanol–water partition coefficient (Wildman–Crippen LogP) is 3.52. The Morgan fingerprint density at radius 2 is 1.73 bits per heavy atom. The van der Waals surface area contributed by atoms with Gasteiger partial charge in [0.15, 0.2) is 0 Å². The number of ether oxygens (including phenoxy) is 1. The van der Waals surface area contributed by atoms with E-state index in [9.17, 15) is 17.6 Å². The minimum absolute atomic E-state index is 0.284. The van der Waals surface area contributed by atoms with Gasteiger partial charge in [-0.1, -0.05) is 19.1 Å². The van der Waals surface area contributed by atoms with Crippen LogP contribution in [0, 0.1) is 5.82 Å². The molecule has 0 saturated heterocycles. The Labute approximate surface area is 178 Å². The van der Waals surface area contributed by atoms with E-state index in [1.54, 1.807) is 43.3 Å². The van der Waals surface area contributed by atoms with Gasteiger partial charge in [-0.3, -0.25) is 9.10 Å². The summed E-state index contributed by atoms with van der Waals surface area (Å²) >= 11 is 0. The molecule has 0 aliphatic carbocycles. The van der Waals surface area contributed by atoms with Gasteiger partial charge in [-0.05, 0) is 68.1 Å². The molecule has 8 heteroatoms. The van der Waals surface area contributed by atoms with Crippen molar-refractivity contribution in [2.75, 3.05) is 23.7 Å². The van der Waals surface area contributed by atoms with Gasteiger partial charge in [0.25, 0.3) is 0 Å². The van der Waals surface area contributed by atoms with Gasteiger partial charge in [0.2, 0.25) is 15.9 Å². The number of carbonyl (C=O) groups is 1. The number of amides is 1. The molecule has 0 bridgehead atoms. The summed E-state index contributed by atoms with van der Waals surface area (Å²) in [6.07, 6.45) is 2.76. The highest BCUT2D eigenvalue weighted by molar-refractivity contribution is 7.92. The highest BCUT2D eigenvalue weighted by atomic mass is 32.2. The quantitative estimate of drug-likeness (QED) is 0.547. The number of carbonyl (C=O) groups excluding carboxylic acids is 1. The minimum Gasteiger partial charge on any atom is -0.494 e. The van der Waals surface area contributed by atoms with Gasteiger partial charge in [0, 0.05) is 6.54 Å². The molecule has 6 nitrogen and oxygen atoms in total. The second-order valence-electron chi connectivity index (χ2n) is 6.93. The number of benzene rings is 2. The first-order chi connectivity index (χ1) is 14.3. The molecule has 1 N–H and O–H groups in total. The maximum absolute atomic E-state index is 13.0. The molecule has 1 amide bonds. The van der Waals surface area contributed by atoms with Crippen LogP contribution in [0.15, 0.2) is 48.5 Å². The Morgan fingerprint density at radius 3 is 2.27 bits per heavy atom. The molecule has 164 valence electrons. The number of sulfonamides is 1. The number of halogens is 1. The molecule has 0 heterocycles. The monoisotopic (exact) mass is 436 g/mol. The van der Waals surface area contributed by atoms with Crippen molar-refractivity contribution in [3.8, 4) is 5.75 Å². The summed E-state index contributed by atoms with van der Waals surface area (Å²) in [5, 5.41) is 2.83. The van der Waals surface area contributed by atoms with Gasteiger partial charge in [-0.15, -0.1) is 0 Å². The summed E-state index contributed by atoms with van der Waals surface area (Å²) in [4.78, 5) is 12.8. The minimum atomic E-state index is -3.68. The second-order valence-corrected chi connectivity index (χ2v) is 8.79. The van der Waals surface area contributed by atoms with E-state index >= 15 is 0 Å². The van der Waals surface area contributed by atoms with E-state index in [0.29, 0.717) is 43.9 Å². The molecule has 2 rings (SSSR count). The SMILES string of the molecule is CCOc1ccc(N([C@H](CC)C(=O)NCCCc2ccc(F)cc2)S(C)(=O)=O)cc1. The van der Waals surface area contributed by atoms with Crippen LogP contribution < -0.4 is 14.4 Å². The van der Waals surface area contributed by atoms with Gasteiger partial charge < -0.3 is 10.1 Å². The van der Waals surface area contributed by atoms with E-state index in [1.807, 2.05) is 6.92 Å². The molecule has 2 aromatic carbocycles. The van der Waals surface area contributed by atoms with Crippen LogP contribution in [0.3, 0.4) is 0 Å². The first-order valence-electron chi connectivity index (χ1n) is 10.0. The third-order valence-corrected chi connectivity index (χ3v) is 5.77. The van der Waals surface area contributed by atoms with E-state index in [2.05, 4.69) is 5.32 Å². The molecule has 0 aromatic heterocycles. The third-order valence-electron chi connectivity index (χ3n) is 4.59. The van der Waals surface area contributed by atoms with Crippen molar-refractivity contribution in [3.05, 3.63) is 59.9 Å². The fourth-order valence-electron chi connectivity index (χ4n) is 3.19. The topological polar surface area (TPSA) is 75.7 Å². The van der Waals surface area contributed by atoms with Gasteiger partial charge in [-0.2, -0.15) is 0 Å². The van der Waals surface area contributed by atoms with Crippen LogP contribution in [0.25, 0.3) is 0 Å². The van der Waals surface area contributed by atoms with Crippen molar-refractivity contribution in [3.63, 3.8) is 0 Å². The number of hydrogen-bond donors (Lipinski definition) is 1. The Bertz CT molecular complexity index is 915. The summed E-state index contributed by atoms with van der Waals surface area (Å²) in [6, 6.07) is 12.0. The van der Waals surface area contributed by atoms with Crippen LogP contribution in [0.2, 0.25) is 0 Å². The Kier molecular flexibility index (Phi) is 8.65. The van der Waals surface area contributed by atoms with Crippen molar-refractivity contribution in [1.82, 2.24) is 5.32 Å². The van der Waals surface area contributed by atoms with Crippen LogP contribution in [0.1, 0.15) is 32.3 Å². The van der Waals surface area contributed by atoms with E-state index in [-0.39, 0.29) is 11.7 Å². The number of nitrogens with zero attached hydrogens (tertiary/aromatic N) is 1. The van der Waals surface area contributed by atoms with Crippen LogP contribution in [0.4, 0.5) is 10.1 Å². The summed E-state index contributed by atoms with van der Waals surface area (Å²) < 4.78 is 44.5. The van der Waals surface area contributed by atoms with Gasteiger partial charge >= 0.3 is 0 Å². The summed E-state index contributed by atoms with van der Waals surface area (Å²) in [5.41, 5.74) is 1.39. The van der Waals surface area contributed by atoms with Crippen LogP contribution in [-0.4, -0.2) is 39.8 Å². The zero-order chi connectivity index (χ0) is 22.1. The number of rotatable bonds is 11. The largest absolute Gasteiger partial charge is 0.494 e.